The molecule has 0 aliphatic heterocycles. The Morgan fingerprint density at radius 1 is 1.47 bits per heavy atom. The number of hydrogen-bond donors (Lipinski definition) is 1. The van der Waals surface area contributed by atoms with Crippen molar-refractivity contribution in [1.29, 1.82) is 0 Å². The van der Waals surface area contributed by atoms with E-state index in [1.807, 2.05) is 6.92 Å². The first-order chi connectivity index (χ1) is 8.93. The molecular weight excluding hydrogens is 289 g/mol. The molecule has 0 spiro atoms. The predicted molar refractivity (Wildman–Crippen MR) is 76.4 cm³/mol. The lowest BCUT2D eigenvalue weighted by Crippen LogP contribution is -2.29. The van der Waals surface area contributed by atoms with Crippen LogP contribution < -0.4 is 4.74 Å². The van der Waals surface area contributed by atoms with Crippen molar-refractivity contribution in [3.63, 3.8) is 0 Å². The molecular formula is C13H17Cl2NO3. The van der Waals surface area contributed by atoms with E-state index in [0.29, 0.717) is 28.8 Å². The number of carboxylic acid groups (broad SMARTS) is 1. The third kappa shape index (κ3) is 5.17. The minimum Gasteiger partial charge on any atom is -0.489 e. The van der Waals surface area contributed by atoms with Gasteiger partial charge in [0.1, 0.15) is 11.9 Å². The van der Waals surface area contributed by atoms with Crippen molar-refractivity contribution in [3.8, 4) is 5.75 Å². The highest BCUT2D eigenvalue weighted by molar-refractivity contribution is 6.34. The van der Waals surface area contributed by atoms with E-state index in [4.69, 9.17) is 33.0 Å². The Hall–Kier alpha value is -1.13. The van der Waals surface area contributed by atoms with Gasteiger partial charge in [-0.15, -0.1) is 0 Å². The summed E-state index contributed by atoms with van der Waals surface area (Å²) < 4.78 is 5.77. The maximum Gasteiger partial charge on any atom is 0.407 e. The highest BCUT2D eigenvalue weighted by atomic mass is 35.5. The number of halogens is 2. The molecule has 0 aromatic heterocycles. The van der Waals surface area contributed by atoms with Gasteiger partial charge in [0.2, 0.25) is 0 Å². The average molecular weight is 306 g/mol. The van der Waals surface area contributed by atoms with Gasteiger partial charge in [0.05, 0.1) is 5.02 Å². The summed E-state index contributed by atoms with van der Waals surface area (Å²) in [5.41, 5.74) is 0. The number of benzene rings is 1. The predicted octanol–water partition coefficient (Wildman–Crippen LogP) is 4.15. The largest absolute Gasteiger partial charge is 0.489 e. The molecule has 1 aromatic rings. The van der Waals surface area contributed by atoms with Crippen LogP contribution in [0.4, 0.5) is 4.79 Å². The second-order valence-corrected chi connectivity index (χ2v) is 5.06. The van der Waals surface area contributed by atoms with Crippen LogP contribution in [-0.2, 0) is 0 Å². The van der Waals surface area contributed by atoms with Crippen LogP contribution in [0.5, 0.6) is 5.75 Å². The lowest BCUT2D eigenvalue weighted by molar-refractivity contribution is 0.138. The van der Waals surface area contributed by atoms with Crippen LogP contribution in [0.1, 0.15) is 19.8 Å². The second kappa shape index (κ2) is 7.46. The first kappa shape index (κ1) is 15.9. The molecule has 0 radical (unpaired) electrons. The quantitative estimate of drug-likeness (QED) is 0.859. The van der Waals surface area contributed by atoms with Crippen molar-refractivity contribution in [1.82, 2.24) is 4.90 Å². The van der Waals surface area contributed by atoms with Gasteiger partial charge >= 0.3 is 6.09 Å². The second-order valence-electron chi connectivity index (χ2n) is 4.22. The minimum absolute atomic E-state index is 0.0993. The molecule has 4 nitrogen and oxygen atoms in total. The van der Waals surface area contributed by atoms with Gasteiger partial charge in [-0.2, -0.15) is 0 Å². The van der Waals surface area contributed by atoms with Gasteiger partial charge in [-0.25, -0.2) is 4.79 Å². The van der Waals surface area contributed by atoms with Crippen LogP contribution in [0, 0.1) is 0 Å². The number of ether oxygens (including phenoxy) is 1. The van der Waals surface area contributed by atoms with Gasteiger partial charge in [-0.05, 0) is 18.6 Å². The molecule has 6 heteroatoms. The summed E-state index contributed by atoms with van der Waals surface area (Å²) in [5.74, 6) is 0.527. The van der Waals surface area contributed by atoms with Crippen LogP contribution in [0.15, 0.2) is 18.2 Å². The van der Waals surface area contributed by atoms with E-state index in [0.717, 1.165) is 6.42 Å². The van der Waals surface area contributed by atoms with E-state index in [9.17, 15) is 4.79 Å². The van der Waals surface area contributed by atoms with Crippen LogP contribution >= 0.6 is 23.2 Å². The average Bonchev–Trinajstić information content (AvgIpc) is 2.37. The molecule has 1 atom stereocenters. The Balaban J connectivity index is 2.61. The van der Waals surface area contributed by atoms with E-state index in [1.54, 1.807) is 18.2 Å². The Labute approximate surface area is 122 Å². The van der Waals surface area contributed by atoms with Gasteiger partial charge in [0.15, 0.2) is 0 Å². The highest BCUT2D eigenvalue weighted by Crippen LogP contribution is 2.29. The summed E-state index contributed by atoms with van der Waals surface area (Å²) in [5, 5.41) is 9.83. The van der Waals surface area contributed by atoms with Crippen molar-refractivity contribution < 1.29 is 14.6 Å². The van der Waals surface area contributed by atoms with E-state index < -0.39 is 6.09 Å². The van der Waals surface area contributed by atoms with Gasteiger partial charge < -0.3 is 14.7 Å². The number of carbonyl (C=O) groups is 1. The number of hydrogen-bond acceptors (Lipinski definition) is 2. The fourth-order valence-corrected chi connectivity index (χ4v) is 1.85. The highest BCUT2D eigenvalue weighted by Gasteiger charge is 2.14. The fraction of sp³-hybridized carbons (Fsp3) is 0.462. The molecule has 0 heterocycles. The maximum atomic E-state index is 10.7. The summed E-state index contributed by atoms with van der Waals surface area (Å²) in [6, 6.07) is 5.03. The Bertz CT molecular complexity index is 440. The first-order valence-electron chi connectivity index (χ1n) is 5.99. The molecule has 1 amide bonds. The van der Waals surface area contributed by atoms with E-state index in [1.165, 1.54) is 11.9 Å². The zero-order valence-electron chi connectivity index (χ0n) is 10.9. The fourth-order valence-electron chi connectivity index (χ4n) is 1.53. The lowest BCUT2D eigenvalue weighted by atomic mass is 10.2. The molecule has 1 rings (SSSR count). The minimum atomic E-state index is -0.948. The van der Waals surface area contributed by atoms with Crippen LogP contribution in [0.2, 0.25) is 10.0 Å². The van der Waals surface area contributed by atoms with Gasteiger partial charge in [0.25, 0.3) is 0 Å². The van der Waals surface area contributed by atoms with Crippen molar-refractivity contribution in [2.75, 3.05) is 13.6 Å². The number of amides is 1. The first-order valence-corrected chi connectivity index (χ1v) is 6.75. The van der Waals surface area contributed by atoms with Gasteiger partial charge in [-0.1, -0.05) is 30.1 Å². The van der Waals surface area contributed by atoms with Crippen molar-refractivity contribution >= 4 is 29.3 Å². The third-order valence-corrected chi connectivity index (χ3v) is 3.30. The molecule has 0 fully saturated rings. The van der Waals surface area contributed by atoms with Crippen LogP contribution in [0.3, 0.4) is 0 Å². The van der Waals surface area contributed by atoms with Gasteiger partial charge in [0, 0.05) is 31.1 Å². The molecule has 19 heavy (non-hydrogen) atoms. The Morgan fingerprint density at radius 3 is 2.74 bits per heavy atom. The zero-order valence-corrected chi connectivity index (χ0v) is 12.4. The molecule has 0 saturated heterocycles. The molecule has 1 unspecified atom stereocenters. The molecule has 0 aliphatic carbocycles. The summed E-state index contributed by atoms with van der Waals surface area (Å²) >= 11 is 11.9. The van der Waals surface area contributed by atoms with Gasteiger partial charge in [-0.3, -0.25) is 0 Å². The topological polar surface area (TPSA) is 49.8 Å². The molecule has 106 valence electrons. The normalized spacial score (nSPS) is 12.0. The van der Waals surface area contributed by atoms with Crippen LogP contribution in [-0.4, -0.2) is 35.8 Å². The SMILES string of the molecule is CCC(CCN(C)C(=O)O)Oc1cc(Cl)ccc1Cl. The summed E-state index contributed by atoms with van der Waals surface area (Å²) in [7, 11) is 1.53. The Morgan fingerprint density at radius 2 is 2.16 bits per heavy atom. The summed E-state index contributed by atoms with van der Waals surface area (Å²) in [4.78, 5) is 11.9. The van der Waals surface area contributed by atoms with Crippen molar-refractivity contribution in [2.24, 2.45) is 0 Å². The van der Waals surface area contributed by atoms with Crippen LogP contribution in [0.25, 0.3) is 0 Å². The van der Waals surface area contributed by atoms with E-state index in [-0.39, 0.29) is 6.10 Å². The summed E-state index contributed by atoms with van der Waals surface area (Å²) in [6.07, 6.45) is 0.312. The zero-order chi connectivity index (χ0) is 14.4. The lowest BCUT2D eigenvalue weighted by Gasteiger charge is -2.21. The standard InChI is InChI=1S/C13H17Cl2NO3/c1-3-10(6-7-16(2)13(17)18)19-12-8-9(14)4-5-11(12)15/h4-5,8,10H,3,6-7H2,1-2H3,(H,17,18). The maximum absolute atomic E-state index is 10.7. The van der Waals surface area contributed by atoms with Crippen molar-refractivity contribution in [3.05, 3.63) is 28.2 Å². The molecule has 1 N–H and O–H groups in total. The number of rotatable bonds is 6. The van der Waals surface area contributed by atoms with Crippen molar-refractivity contribution in [2.45, 2.75) is 25.9 Å². The van der Waals surface area contributed by atoms with E-state index >= 15 is 0 Å². The monoisotopic (exact) mass is 305 g/mol. The third-order valence-electron chi connectivity index (χ3n) is 2.76. The molecule has 0 bridgehead atoms. The van der Waals surface area contributed by atoms with E-state index in [2.05, 4.69) is 0 Å². The number of nitrogens with zero attached hydrogens (tertiary/aromatic N) is 1. The molecule has 0 aliphatic rings. The smallest absolute Gasteiger partial charge is 0.407 e. The Kier molecular flexibility index (Phi) is 6.25. The molecule has 1 aromatic carbocycles. The molecule has 0 saturated carbocycles. The summed E-state index contributed by atoms with van der Waals surface area (Å²) in [6.45, 7) is 2.38.